The van der Waals surface area contributed by atoms with E-state index in [0.29, 0.717) is 0 Å². The molecule has 1 unspecified atom stereocenters. The third kappa shape index (κ3) is 7.34. The van der Waals surface area contributed by atoms with Gasteiger partial charge in [0.25, 0.3) is 0 Å². The molecule has 344 valence electrons. The molecule has 0 N–H and O–H groups in total. The van der Waals surface area contributed by atoms with E-state index in [9.17, 15) is 0 Å². The Labute approximate surface area is 427 Å². The van der Waals surface area contributed by atoms with Crippen LogP contribution in [0.2, 0.25) is 0 Å². The molecule has 0 radical (unpaired) electrons. The molecule has 13 rings (SSSR count). The van der Waals surface area contributed by atoms with E-state index in [1.165, 1.54) is 77.4 Å². The van der Waals surface area contributed by atoms with E-state index in [0.717, 1.165) is 45.0 Å². The molecule has 2 nitrogen and oxygen atoms in total. The first-order valence-electron chi connectivity index (χ1n) is 25.0. The van der Waals surface area contributed by atoms with Crippen molar-refractivity contribution in [1.82, 2.24) is 4.57 Å². The molecule has 1 heterocycles. The quantitative estimate of drug-likeness (QED) is 0.125. The van der Waals surface area contributed by atoms with E-state index < -0.39 is 5.41 Å². The van der Waals surface area contributed by atoms with Gasteiger partial charge in [0.05, 0.1) is 16.4 Å². The third-order valence-corrected chi connectivity index (χ3v) is 15.0. The van der Waals surface area contributed by atoms with E-state index in [-0.39, 0.29) is 0 Å². The molecule has 1 aliphatic rings. The van der Waals surface area contributed by atoms with Crippen molar-refractivity contribution in [3.05, 3.63) is 313 Å². The maximum Gasteiger partial charge on any atom is 0.0714 e. The van der Waals surface area contributed by atoms with Gasteiger partial charge in [0, 0.05) is 33.5 Å². The number of rotatable bonds is 11. The molecular weight excluding hydrogens is 881 g/mol. The van der Waals surface area contributed by atoms with Gasteiger partial charge in [-0.3, -0.25) is 0 Å². The van der Waals surface area contributed by atoms with Crippen molar-refractivity contribution < 1.29 is 0 Å². The van der Waals surface area contributed by atoms with E-state index in [1.807, 2.05) is 12.2 Å². The van der Waals surface area contributed by atoms with Gasteiger partial charge in [-0.2, -0.15) is 0 Å². The summed E-state index contributed by atoms with van der Waals surface area (Å²) in [5.74, 6) is 0. The number of aromatic nitrogens is 1. The number of fused-ring (bicyclic) bond motifs is 6. The van der Waals surface area contributed by atoms with Crippen LogP contribution in [0.25, 0.3) is 84.2 Å². The van der Waals surface area contributed by atoms with Crippen LogP contribution in [0.3, 0.4) is 0 Å². The summed E-state index contributed by atoms with van der Waals surface area (Å²) in [4.78, 5) is 2.41. The molecule has 0 saturated heterocycles. The zero-order valence-electron chi connectivity index (χ0n) is 40.4. The van der Waals surface area contributed by atoms with Gasteiger partial charge < -0.3 is 9.47 Å². The van der Waals surface area contributed by atoms with Crippen LogP contribution in [-0.2, 0) is 5.41 Å². The van der Waals surface area contributed by atoms with Crippen LogP contribution in [0.15, 0.2) is 280 Å². The van der Waals surface area contributed by atoms with Gasteiger partial charge in [-0.25, -0.2) is 0 Å². The van der Waals surface area contributed by atoms with E-state index in [4.69, 9.17) is 0 Å². The summed E-state index contributed by atoms with van der Waals surface area (Å²) in [6.45, 7) is 8.05. The van der Waals surface area contributed by atoms with Crippen molar-refractivity contribution >= 4 is 51.0 Å². The molecule has 0 amide bonds. The van der Waals surface area contributed by atoms with E-state index >= 15 is 0 Å². The van der Waals surface area contributed by atoms with Crippen LogP contribution < -0.4 is 4.90 Å². The average Bonchev–Trinajstić information content (AvgIpc) is 3.96. The zero-order valence-corrected chi connectivity index (χ0v) is 40.4. The number of nitrogens with zero attached hydrogens (tertiary/aromatic N) is 2. The van der Waals surface area contributed by atoms with Gasteiger partial charge in [-0.1, -0.05) is 219 Å². The molecule has 0 saturated carbocycles. The van der Waals surface area contributed by atoms with Gasteiger partial charge in [-0.15, -0.1) is 0 Å². The van der Waals surface area contributed by atoms with Crippen molar-refractivity contribution in [3.63, 3.8) is 0 Å². The molecule has 2 heteroatoms. The summed E-state index contributed by atoms with van der Waals surface area (Å²) in [5.41, 5.74) is 22.9. The normalized spacial score (nSPS) is 13.6. The molecule has 0 fully saturated rings. The highest BCUT2D eigenvalue weighted by Crippen LogP contribution is 2.57. The highest BCUT2D eigenvalue weighted by atomic mass is 15.1. The fourth-order valence-electron chi connectivity index (χ4n) is 11.5. The number of para-hydroxylation sites is 1. The van der Waals surface area contributed by atoms with Gasteiger partial charge >= 0.3 is 0 Å². The Morgan fingerprint density at radius 1 is 0.329 bits per heavy atom. The lowest BCUT2D eigenvalue weighted by Crippen LogP contribution is -2.28. The third-order valence-electron chi connectivity index (χ3n) is 15.0. The molecule has 0 spiro atoms. The maximum absolute atomic E-state index is 4.08. The second kappa shape index (κ2) is 18.0. The van der Waals surface area contributed by atoms with Crippen molar-refractivity contribution in [1.29, 1.82) is 0 Å². The van der Waals surface area contributed by atoms with Crippen molar-refractivity contribution in [2.45, 2.75) is 5.41 Å². The molecule has 0 aliphatic heterocycles. The number of benzene rings is 11. The molecule has 1 aliphatic carbocycles. The summed E-state index contributed by atoms with van der Waals surface area (Å²) in [6.07, 6.45) is 3.81. The van der Waals surface area contributed by atoms with E-state index in [1.54, 1.807) is 0 Å². The number of anilines is 3. The van der Waals surface area contributed by atoms with Crippen LogP contribution in [-0.4, -0.2) is 4.57 Å². The predicted molar refractivity (Wildman–Crippen MR) is 309 cm³/mol. The first-order chi connectivity index (χ1) is 36.1. The van der Waals surface area contributed by atoms with Crippen LogP contribution >= 0.6 is 0 Å². The highest BCUT2D eigenvalue weighted by Gasteiger charge is 2.46. The van der Waals surface area contributed by atoms with Crippen molar-refractivity contribution in [2.24, 2.45) is 0 Å². The minimum absolute atomic E-state index is 0.561. The Balaban J connectivity index is 0.960. The summed E-state index contributed by atoms with van der Waals surface area (Å²) in [7, 11) is 0. The van der Waals surface area contributed by atoms with Crippen LogP contribution in [0.4, 0.5) is 17.1 Å². The second-order valence-electron chi connectivity index (χ2n) is 19.0. The second-order valence-corrected chi connectivity index (χ2v) is 19.0. The summed E-state index contributed by atoms with van der Waals surface area (Å²) in [5, 5.41) is 2.43. The topological polar surface area (TPSA) is 8.17 Å². The monoisotopic (exact) mass is 930 g/mol. The maximum atomic E-state index is 4.08. The lowest BCUT2D eigenvalue weighted by molar-refractivity contribution is 0.768. The van der Waals surface area contributed by atoms with Crippen LogP contribution in [0, 0.1) is 0 Å². The van der Waals surface area contributed by atoms with Crippen molar-refractivity contribution in [3.8, 4) is 50.2 Å². The van der Waals surface area contributed by atoms with Gasteiger partial charge in [-0.05, 0) is 151 Å². The smallest absolute Gasteiger partial charge is 0.0714 e. The molecule has 73 heavy (non-hydrogen) atoms. The summed E-state index contributed by atoms with van der Waals surface area (Å²) in [6, 6.07) is 97.9. The number of hydrogen-bond donors (Lipinski definition) is 0. The Kier molecular flexibility index (Phi) is 10.7. The molecule has 0 bridgehead atoms. The van der Waals surface area contributed by atoms with E-state index in [2.05, 4.69) is 290 Å². The fourth-order valence-corrected chi connectivity index (χ4v) is 11.5. The predicted octanol–water partition coefficient (Wildman–Crippen LogP) is 18.9. The first-order valence-corrected chi connectivity index (χ1v) is 25.0. The van der Waals surface area contributed by atoms with Crippen LogP contribution in [0.1, 0.15) is 33.4 Å². The Morgan fingerprint density at radius 3 is 1.33 bits per heavy atom. The SMILES string of the molecule is C=Cc1ccc(-c2ccc3c(c2)c2cc(-c4ccc(N(c5ccc(-c6ccccc6)cc5)c5ccc6c(c5)C(c5ccccc5)(c5ccc(C=C)cc5)c5ccccc5-6)cc4)ccc2n3-c2ccccc2)cc1. The fraction of sp³-hybridized carbons (Fsp3) is 0.0141. The Hall–Kier alpha value is -9.50. The summed E-state index contributed by atoms with van der Waals surface area (Å²) < 4.78 is 2.39. The summed E-state index contributed by atoms with van der Waals surface area (Å²) >= 11 is 0. The van der Waals surface area contributed by atoms with Gasteiger partial charge in [0.1, 0.15) is 0 Å². The van der Waals surface area contributed by atoms with Gasteiger partial charge in [0.15, 0.2) is 0 Å². The Bertz CT molecular complexity index is 4000. The molecule has 1 aromatic heterocycles. The van der Waals surface area contributed by atoms with Crippen LogP contribution in [0.5, 0.6) is 0 Å². The van der Waals surface area contributed by atoms with Crippen molar-refractivity contribution in [2.75, 3.05) is 4.90 Å². The highest BCUT2D eigenvalue weighted by molar-refractivity contribution is 6.11. The molecule has 12 aromatic rings. The zero-order chi connectivity index (χ0) is 48.9. The Morgan fingerprint density at radius 2 is 0.753 bits per heavy atom. The molecule has 1 atom stereocenters. The first kappa shape index (κ1) is 43.5. The molecular formula is C71H50N2. The molecule has 11 aromatic carbocycles. The lowest BCUT2D eigenvalue weighted by atomic mass is 9.67. The van der Waals surface area contributed by atoms with Gasteiger partial charge in [0.2, 0.25) is 0 Å². The average molecular weight is 931 g/mol. The standard InChI is InChI=1S/C71H50N2/c1-3-49-24-28-53(29-25-49)55-34-44-69-65(46-55)66-47-56(35-45-70(66)73(69)59-20-12-7-13-21-59)54-32-40-61(41-33-54)72(60-38-30-52(31-39-60)51-16-8-5-9-17-51)62-42-43-64-63-22-14-15-23-67(63)71(68(64)48-62,57-18-10-6-11-19-57)58-36-26-50(4-2)27-37-58/h3-48H,1-2H2. The minimum Gasteiger partial charge on any atom is -0.310 e. The largest absolute Gasteiger partial charge is 0.310 e. The lowest BCUT2D eigenvalue weighted by Gasteiger charge is -2.35. The number of hydrogen-bond acceptors (Lipinski definition) is 1. The minimum atomic E-state index is -0.561.